The zero-order valence-electron chi connectivity index (χ0n) is 14.9. The Morgan fingerprint density at radius 3 is 2.63 bits per heavy atom. The third-order valence-electron chi connectivity index (χ3n) is 3.96. The highest BCUT2D eigenvalue weighted by Gasteiger charge is 2.35. The monoisotopic (exact) mass is 403 g/mol. The summed E-state index contributed by atoms with van der Waals surface area (Å²) in [5.74, 6) is 0.761. The Morgan fingerprint density at radius 1 is 1.15 bits per heavy atom. The predicted octanol–water partition coefficient (Wildman–Crippen LogP) is 4.98. The fourth-order valence-corrected chi connectivity index (χ4v) is 3.71. The number of thioether (sulfide) groups is 1. The molecule has 0 saturated carbocycles. The van der Waals surface area contributed by atoms with E-state index in [1.807, 2.05) is 19.1 Å². The van der Waals surface area contributed by atoms with Gasteiger partial charge >= 0.3 is 0 Å². The van der Waals surface area contributed by atoms with Gasteiger partial charge in [-0.05, 0) is 42.5 Å². The molecule has 5 nitrogen and oxygen atoms in total. The first-order valence-corrected chi connectivity index (χ1v) is 9.53. The number of imide groups is 1. The van der Waals surface area contributed by atoms with E-state index >= 15 is 0 Å². The number of hydrogen-bond donors (Lipinski definition) is 0. The van der Waals surface area contributed by atoms with Crippen molar-refractivity contribution in [1.29, 1.82) is 0 Å². The van der Waals surface area contributed by atoms with Crippen LogP contribution in [0, 0.1) is 0 Å². The van der Waals surface area contributed by atoms with Crippen molar-refractivity contribution in [3.8, 4) is 11.5 Å². The van der Waals surface area contributed by atoms with Crippen LogP contribution in [-0.4, -0.2) is 29.8 Å². The molecule has 1 saturated heterocycles. The van der Waals surface area contributed by atoms with E-state index in [2.05, 4.69) is 0 Å². The maximum atomic E-state index is 12.8. The molecule has 7 heteroatoms. The molecule has 140 valence electrons. The van der Waals surface area contributed by atoms with Crippen LogP contribution < -0.4 is 9.47 Å². The van der Waals surface area contributed by atoms with Gasteiger partial charge in [-0.15, -0.1) is 0 Å². The van der Waals surface area contributed by atoms with E-state index in [-0.39, 0.29) is 17.7 Å². The molecule has 0 aliphatic carbocycles. The number of para-hydroxylation sites is 1. The van der Waals surface area contributed by atoms with Crippen LogP contribution in [0.2, 0.25) is 5.02 Å². The number of amides is 2. The minimum absolute atomic E-state index is 0.137. The van der Waals surface area contributed by atoms with Gasteiger partial charge < -0.3 is 9.47 Å². The fourth-order valence-electron chi connectivity index (χ4n) is 2.68. The summed E-state index contributed by atoms with van der Waals surface area (Å²) in [6.45, 7) is 2.46. The van der Waals surface area contributed by atoms with Crippen molar-refractivity contribution < 1.29 is 19.1 Å². The first-order chi connectivity index (χ1) is 13.0. The van der Waals surface area contributed by atoms with Crippen molar-refractivity contribution in [2.75, 3.05) is 13.7 Å². The second-order valence-corrected chi connectivity index (χ2v) is 7.07. The summed E-state index contributed by atoms with van der Waals surface area (Å²) in [6, 6.07) is 12.6. The molecule has 3 rings (SSSR count). The van der Waals surface area contributed by atoms with Crippen LogP contribution in [-0.2, 0) is 11.3 Å². The highest BCUT2D eigenvalue weighted by Crippen LogP contribution is 2.38. The van der Waals surface area contributed by atoms with Gasteiger partial charge in [-0.3, -0.25) is 14.5 Å². The maximum Gasteiger partial charge on any atom is 0.293 e. The number of halogens is 1. The molecule has 0 unspecified atom stereocenters. The molecule has 2 aromatic rings. The number of nitrogens with zero attached hydrogens (tertiary/aromatic N) is 1. The third-order valence-corrected chi connectivity index (χ3v) is 5.24. The number of carbonyl (C=O) groups excluding carboxylic acids is 2. The summed E-state index contributed by atoms with van der Waals surface area (Å²) in [5, 5.41) is 0.194. The number of rotatable bonds is 6. The minimum Gasteiger partial charge on any atom is -0.493 e. The fraction of sp³-hybridized carbons (Fsp3) is 0.200. The SMILES string of the molecule is CCOc1c(/C=C2/SC(=O)N(Cc3ccccc3Cl)C2=O)cccc1OC. The zero-order valence-corrected chi connectivity index (χ0v) is 16.5. The second kappa shape index (κ2) is 8.50. The van der Waals surface area contributed by atoms with Gasteiger partial charge in [-0.2, -0.15) is 0 Å². The Kier molecular flexibility index (Phi) is 6.08. The molecule has 0 spiro atoms. The van der Waals surface area contributed by atoms with E-state index in [1.165, 1.54) is 4.90 Å². The molecule has 1 aliphatic heterocycles. The van der Waals surface area contributed by atoms with Crippen molar-refractivity contribution in [2.24, 2.45) is 0 Å². The predicted molar refractivity (Wildman–Crippen MR) is 107 cm³/mol. The Bertz CT molecular complexity index is 913. The average Bonchev–Trinajstić information content (AvgIpc) is 2.92. The van der Waals surface area contributed by atoms with Crippen molar-refractivity contribution in [3.63, 3.8) is 0 Å². The molecule has 1 heterocycles. The van der Waals surface area contributed by atoms with Gasteiger partial charge in [0.1, 0.15) is 0 Å². The average molecular weight is 404 g/mol. The molecule has 0 bridgehead atoms. The number of ether oxygens (including phenoxy) is 2. The lowest BCUT2D eigenvalue weighted by Crippen LogP contribution is -2.27. The first kappa shape index (κ1) is 19.3. The summed E-state index contributed by atoms with van der Waals surface area (Å²) < 4.78 is 11.0. The summed E-state index contributed by atoms with van der Waals surface area (Å²) in [5.41, 5.74) is 1.40. The highest BCUT2D eigenvalue weighted by molar-refractivity contribution is 8.18. The maximum absolute atomic E-state index is 12.8. The molecule has 2 amide bonds. The minimum atomic E-state index is -0.352. The zero-order chi connectivity index (χ0) is 19.4. The topological polar surface area (TPSA) is 55.8 Å². The van der Waals surface area contributed by atoms with Crippen LogP contribution in [0.3, 0.4) is 0 Å². The van der Waals surface area contributed by atoms with Gasteiger partial charge in [0.05, 0.1) is 25.2 Å². The van der Waals surface area contributed by atoms with E-state index in [9.17, 15) is 9.59 Å². The molecule has 1 fully saturated rings. The Labute approximate surface area is 166 Å². The number of hydrogen-bond acceptors (Lipinski definition) is 5. The number of carbonyl (C=O) groups is 2. The van der Waals surface area contributed by atoms with E-state index in [0.717, 1.165) is 17.3 Å². The number of benzene rings is 2. The van der Waals surface area contributed by atoms with E-state index in [0.29, 0.717) is 33.6 Å². The van der Waals surface area contributed by atoms with Crippen LogP contribution in [0.4, 0.5) is 4.79 Å². The second-order valence-electron chi connectivity index (χ2n) is 5.67. The molecule has 27 heavy (non-hydrogen) atoms. The smallest absolute Gasteiger partial charge is 0.293 e. The molecule has 0 radical (unpaired) electrons. The van der Waals surface area contributed by atoms with Crippen LogP contribution in [0.1, 0.15) is 18.1 Å². The van der Waals surface area contributed by atoms with Crippen LogP contribution >= 0.6 is 23.4 Å². The van der Waals surface area contributed by atoms with Crippen molar-refractivity contribution >= 4 is 40.6 Å². The largest absolute Gasteiger partial charge is 0.493 e. The number of methoxy groups -OCH3 is 1. The standard InChI is InChI=1S/C20H18ClNO4S/c1-3-26-18-13(8-6-10-16(18)25-2)11-17-19(23)22(20(24)27-17)12-14-7-4-5-9-15(14)21/h4-11H,3,12H2,1-2H3/b17-11+. The normalized spacial score (nSPS) is 15.5. The van der Waals surface area contributed by atoms with E-state index in [4.69, 9.17) is 21.1 Å². The van der Waals surface area contributed by atoms with Crippen LogP contribution in [0.25, 0.3) is 6.08 Å². The highest BCUT2D eigenvalue weighted by atomic mass is 35.5. The Morgan fingerprint density at radius 2 is 1.93 bits per heavy atom. The Hall–Kier alpha value is -2.44. The van der Waals surface area contributed by atoms with E-state index in [1.54, 1.807) is 43.5 Å². The van der Waals surface area contributed by atoms with Gasteiger partial charge in [0.2, 0.25) is 0 Å². The van der Waals surface area contributed by atoms with Gasteiger partial charge in [0.25, 0.3) is 11.1 Å². The Balaban J connectivity index is 1.90. The van der Waals surface area contributed by atoms with Crippen LogP contribution in [0.15, 0.2) is 47.4 Å². The quantitative estimate of drug-likeness (QED) is 0.636. The lowest BCUT2D eigenvalue weighted by Gasteiger charge is -2.14. The summed E-state index contributed by atoms with van der Waals surface area (Å²) >= 11 is 7.05. The molecule has 1 aliphatic rings. The summed E-state index contributed by atoms with van der Waals surface area (Å²) in [6.07, 6.45) is 1.66. The van der Waals surface area contributed by atoms with Crippen molar-refractivity contribution in [1.82, 2.24) is 4.90 Å². The lowest BCUT2D eigenvalue weighted by atomic mass is 10.1. The third kappa shape index (κ3) is 4.12. The first-order valence-electron chi connectivity index (χ1n) is 8.33. The molecular weight excluding hydrogens is 386 g/mol. The summed E-state index contributed by atoms with van der Waals surface area (Å²) in [7, 11) is 1.55. The van der Waals surface area contributed by atoms with Crippen molar-refractivity contribution in [2.45, 2.75) is 13.5 Å². The lowest BCUT2D eigenvalue weighted by molar-refractivity contribution is -0.123. The van der Waals surface area contributed by atoms with Gasteiger partial charge in [-0.25, -0.2) is 0 Å². The van der Waals surface area contributed by atoms with Crippen molar-refractivity contribution in [3.05, 3.63) is 63.5 Å². The van der Waals surface area contributed by atoms with Gasteiger partial charge in [0.15, 0.2) is 11.5 Å². The van der Waals surface area contributed by atoms with Gasteiger partial charge in [0, 0.05) is 10.6 Å². The van der Waals surface area contributed by atoms with Crippen LogP contribution in [0.5, 0.6) is 11.5 Å². The summed E-state index contributed by atoms with van der Waals surface area (Å²) in [4.78, 5) is 26.7. The van der Waals surface area contributed by atoms with Gasteiger partial charge in [-0.1, -0.05) is 41.9 Å². The molecule has 0 aromatic heterocycles. The molecule has 0 atom stereocenters. The van der Waals surface area contributed by atoms with E-state index < -0.39 is 0 Å². The molecule has 2 aromatic carbocycles. The molecular formula is C20H18ClNO4S. The molecule has 0 N–H and O–H groups in total.